The average Bonchev–Trinajstić information content (AvgIpc) is 3.06. The van der Waals surface area contributed by atoms with Crippen LogP contribution in [0.15, 0.2) is 24.3 Å². The van der Waals surface area contributed by atoms with Gasteiger partial charge < -0.3 is 20.1 Å². The molecular weight excluding hydrogens is 344 g/mol. The highest BCUT2D eigenvalue weighted by molar-refractivity contribution is 5.94. The van der Waals surface area contributed by atoms with Crippen LogP contribution in [0, 0.1) is 0 Å². The molecule has 1 aliphatic rings. The number of amides is 1. The number of H-pyrrole nitrogens is 1. The fourth-order valence-electron chi connectivity index (χ4n) is 2.63. The molecule has 1 amide bonds. The summed E-state index contributed by atoms with van der Waals surface area (Å²) >= 11 is 0. The van der Waals surface area contributed by atoms with E-state index in [4.69, 9.17) is 9.47 Å². The van der Waals surface area contributed by atoms with Gasteiger partial charge in [-0.15, -0.1) is 12.4 Å². The van der Waals surface area contributed by atoms with Crippen LogP contribution in [0.3, 0.4) is 0 Å². The van der Waals surface area contributed by atoms with Crippen LogP contribution < -0.4 is 20.1 Å². The van der Waals surface area contributed by atoms with E-state index >= 15 is 0 Å². The first-order chi connectivity index (χ1) is 11.8. The Balaban J connectivity index is 0.00000225. The number of halogens is 1. The lowest BCUT2D eigenvalue weighted by atomic mass is 10.1. The summed E-state index contributed by atoms with van der Waals surface area (Å²) in [7, 11) is 1.63. The van der Waals surface area contributed by atoms with Crippen molar-refractivity contribution < 1.29 is 14.3 Å². The van der Waals surface area contributed by atoms with E-state index in [9.17, 15) is 4.79 Å². The van der Waals surface area contributed by atoms with E-state index in [1.54, 1.807) is 7.11 Å². The molecule has 136 valence electrons. The summed E-state index contributed by atoms with van der Waals surface area (Å²) in [6, 6.07) is 7.43. The van der Waals surface area contributed by atoms with Gasteiger partial charge in [0.25, 0.3) is 5.91 Å². The van der Waals surface area contributed by atoms with Crippen molar-refractivity contribution in [1.29, 1.82) is 0 Å². The van der Waals surface area contributed by atoms with Crippen molar-refractivity contribution in [3.63, 3.8) is 0 Å². The Morgan fingerprint density at radius 3 is 2.80 bits per heavy atom. The topological polar surface area (TPSA) is 88.3 Å². The Morgan fingerprint density at radius 2 is 2.04 bits per heavy atom. The molecule has 1 aromatic heterocycles. The highest BCUT2D eigenvalue weighted by Crippen LogP contribution is 2.17. The first kappa shape index (κ1) is 19.1. The monoisotopic (exact) mass is 366 g/mol. The number of carbonyl (C=O) groups is 1. The maximum atomic E-state index is 12.2. The third kappa shape index (κ3) is 4.87. The molecule has 0 atom stereocenters. The Labute approximate surface area is 152 Å². The third-order valence-corrected chi connectivity index (χ3v) is 3.96. The molecule has 0 bridgehead atoms. The minimum Gasteiger partial charge on any atom is -0.497 e. The van der Waals surface area contributed by atoms with Crippen LogP contribution in [0.4, 0.5) is 0 Å². The fraction of sp³-hybridized carbons (Fsp3) is 0.412. The van der Waals surface area contributed by atoms with E-state index in [1.807, 2.05) is 24.3 Å². The van der Waals surface area contributed by atoms with Crippen molar-refractivity contribution in [2.24, 2.45) is 0 Å². The Bertz CT molecular complexity index is 688. The zero-order valence-corrected chi connectivity index (χ0v) is 14.9. The minimum absolute atomic E-state index is 0. The van der Waals surface area contributed by atoms with Crippen molar-refractivity contribution in [2.75, 3.05) is 26.8 Å². The smallest absolute Gasteiger partial charge is 0.272 e. The molecule has 0 fully saturated rings. The molecule has 2 aromatic rings. The number of carbonyl (C=O) groups excluding carboxylic acids is 1. The van der Waals surface area contributed by atoms with Gasteiger partial charge in [0.1, 0.15) is 11.5 Å². The lowest BCUT2D eigenvalue weighted by molar-refractivity contribution is 0.0945. The molecule has 3 rings (SSSR count). The second kappa shape index (κ2) is 9.29. The molecule has 0 saturated heterocycles. The second-order valence-electron chi connectivity index (χ2n) is 5.59. The van der Waals surface area contributed by atoms with Crippen LogP contribution >= 0.6 is 12.4 Å². The maximum absolute atomic E-state index is 12.2. The molecule has 2 heterocycles. The van der Waals surface area contributed by atoms with E-state index in [2.05, 4.69) is 20.8 Å². The lowest BCUT2D eigenvalue weighted by Crippen LogP contribution is -2.29. The maximum Gasteiger partial charge on any atom is 0.272 e. The first-order valence-corrected chi connectivity index (χ1v) is 8.10. The number of nitrogens with zero attached hydrogens (tertiary/aromatic N) is 1. The molecule has 3 N–H and O–H groups in total. The van der Waals surface area contributed by atoms with E-state index in [0.717, 1.165) is 42.1 Å². The third-order valence-electron chi connectivity index (χ3n) is 3.96. The summed E-state index contributed by atoms with van der Waals surface area (Å²) in [5.41, 5.74) is 2.53. The van der Waals surface area contributed by atoms with Crippen LogP contribution in [0.5, 0.6) is 11.5 Å². The summed E-state index contributed by atoms with van der Waals surface area (Å²) in [6.45, 7) is 2.69. The molecule has 1 aromatic carbocycles. The fourth-order valence-corrected chi connectivity index (χ4v) is 2.63. The van der Waals surface area contributed by atoms with Gasteiger partial charge in [0.05, 0.1) is 13.7 Å². The van der Waals surface area contributed by atoms with Gasteiger partial charge in [0.2, 0.25) is 0 Å². The standard InChI is InChI=1S/C17H22N4O3.ClH/c1-23-12-3-5-13(6-4-12)24-10-2-8-19-17(22)16-14-11-18-9-7-15(14)20-21-16;/h3-6,18H,2,7-11H2,1H3,(H,19,22)(H,20,21);1H. The zero-order valence-electron chi connectivity index (χ0n) is 14.1. The molecule has 0 saturated carbocycles. The van der Waals surface area contributed by atoms with Crippen molar-refractivity contribution in [1.82, 2.24) is 20.8 Å². The van der Waals surface area contributed by atoms with Crippen molar-refractivity contribution in [3.05, 3.63) is 41.2 Å². The van der Waals surface area contributed by atoms with Gasteiger partial charge in [0.15, 0.2) is 5.69 Å². The molecule has 0 spiro atoms. The molecule has 0 radical (unpaired) electrons. The number of aromatic nitrogens is 2. The summed E-state index contributed by atoms with van der Waals surface area (Å²) in [4.78, 5) is 12.2. The highest BCUT2D eigenvalue weighted by atomic mass is 35.5. The molecule has 25 heavy (non-hydrogen) atoms. The second-order valence-corrected chi connectivity index (χ2v) is 5.59. The highest BCUT2D eigenvalue weighted by Gasteiger charge is 2.20. The quantitative estimate of drug-likeness (QED) is 0.649. The lowest BCUT2D eigenvalue weighted by Gasteiger charge is -2.13. The molecule has 1 aliphatic heterocycles. The number of aromatic amines is 1. The molecular formula is C17H23ClN4O3. The number of nitrogens with one attached hydrogen (secondary N) is 3. The van der Waals surface area contributed by atoms with Crippen molar-refractivity contribution >= 4 is 18.3 Å². The number of hydrogen-bond acceptors (Lipinski definition) is 5. The first-order valence-electron chi connectivity index (χ1n) is 8.10. The summed E-state index contributed by atoms with van der Waals surface area (Å²) < 4.78 is 10.7. The van der Waals surface area contributed by atoms with Gasteiger partial charge >= 0.3 is 0 Å². The largest absolute Gasteiger partial charge is 0.497 e. The van der Waals surface area contributed by atoms with Gasteiger partial charge in [-0.05, 0) is 30.7 Å². The number of fused-ring (bicyclic) bond motifs is 1. The zero-order chi connectivity index (χ0) is 16.8. The predicted octanol–water partition coefficient (Wildman–Crippen LogP) is 1.68. The van der Waals surface area contributed by atoms with Gasteiger partial charge in [-0.2, -0.15) is 5.10 Å². The van der Waals surface area contributed by atoms with Crippen molar-refractivity contribution in [3.8, 4) is 11.5 Å². The van der Waals surface area contributed by atoms with E-state index in [-0.39, 0.29) is 18.3 Å². The normalized spacial score (nSPS) is 12.7. The number of methoxy groups -OCH3 is 1. The van der Waals surface area contributed by atoms with Crippen LogP contribution in [0.25, 0.3) is 0 Å². The summed E-state index contributed by atoms with van der Waals surface area (Å²) in [5, 5.41) is 13.2. The van der Waals surface area contributed by atoms with Gasteiger partial charge in [-0.1, -0.05) is 0 Å². The molecule has 0 aliphatic carbocycles. The van der Waals surface area contributed by atoms with Crippen LogP contribution in [0.2, 0.25) is 0 Å². The average molecular weight is 367 g/mol. The van der Waals surface area contributed by atoms with Gasteiger partial charge in [0, 0.05) is 37.3 Å². The Hall–Kier alpha value is -2.25. The number of rotatable bonds is 7. The Morgan fingerprint density at radius 1 is 1.28 bits per heavy atom. The molecule has 7 nitrogen and oxygen atoms in total. The summed E-state index contributed by atoms with van der Waals surface area (Å²) in [5.74, 6) is 1.45. The van der Waals surface area contributed by atoms with E-state index < -0.39 is 0 Å². The van der Waals surface area contributed by atoms with Crippen molar-refractivity contribution in [2.45, 2.75) is 19.4 Å². The molecule has 0 unspecified atom stereocenters. The number of hydrogen-bond donors (Lipinski definition) is 3. The Kier molecular flexibility index (Phi) is 7.09. The molecule has 8 heteroatoms. The summed E-state index contributed by atoms with van der Waals surface area (Å²) in [6.07, 6.45) is 1.61. The SMILES string of the molecule is COc1ccc(OCCCNC(=O)c2n[nH]c3c2CNCC3)cc1.Cl. The van der Waals surface area contributed by atoms with Gasteiger partial charge in [-0.25, -0.2) is 0 Å². The number of benzene rings is 1. The van der Waals surface area contributed by atoms with Crippen LogP contribution in [-0.4, -0.2) is 42.9 Å². The van der Waals surface area contributed by atoms with Crippen LogP contribution in [0.1, 0.15) is 28.2 Å². The van der Waals surface area contributed by atoms with Gasteiger partial charge in [-0.3, -0.25) is 9.89 Å². The minimum atomic E-state index is -0.138. The number of ether oxygens (including phenoxy) is 2. The van der Waals surface area contributed by atoms with E-state index in [1.165, 1.54) is 0 Å². The van der Waals surface area contributed by atoms with Crippen LogP contribution in [-0.2, 0) is 13.0 Å². The predicted molar refractivity (Wildman–Crippen MR) is 96.7 cm³/mol. The van der Waals surface area contributed by atoms with E-state index in [0.29, 0.717) is 25.4 Å².